The van der Waals surface area contributed by atoms with Gasteiger partial charge in [-0.1, -0.05) is 6.08 Å². The molecule has 0 saturated carbocycles. The van der Waals surface area contributed by atoms with Crippen LogP contribution in [0.2, 0.25) is 0 Å². The highest BCUT2D eigenvalue weighted by Crippen LogP contribution is 2.15. The first-order chi connectivity index (χ1) is 3.93. The second-order valence-corrected chi connectivity index (χ2v) is 2.65. The Morgan fingerprint density at radius 2 is 2.75 bits per heavy atom. The van der Waals surface area contributed by atoms with Crippen LogP contribution in [-0.4, -0.2) is 24.6 Å². The molecule has 0 saturated heterocycles. The van der Waals surface area contributed by atoms with Crippen molar-refractivity contribution in [3.8, 4) is 0 Å². The fraction of sp³-hybridized carbons (Fsp3) is 0.600. The second kappa shape index (κ2) is 3.12. The van der Waals surface area contributed by atoms with Crippen molar-refractivity contribution in [2.45, 2.75) is 0 Å². The highest BCUT2D eigenvalue weighted by atomic mass is 32.2. The summed E-state index contributed by atoms with van der Waals surface area (Å²) in [6.45, 7) is 2.04. The molecule has 0 spiro atoms. The normalized spacial score (nSPS) is 20.1. The molecule has 0 amide bonds. The van der Waals surface area contributed by atoms with Crippen LogP contribution < -0.4 is 5.32 Å². The number of hydrogen-bond donors (Lipinski definition) is 1. The zero-order valence-corrected chi connectivity index (χ0v) is 5.74. The molecule has 0 bridgehead atoms. The predicted molar refractivity (Wildman–Crippen MR) is 37.4 cm³/mol. The quantitative estimate of drug-likeness (QED) is 0.552. The summed E-state index contributed by atoms with van der Waals surface area (Å²) in [6.07, 6.45) is 2.15. The van der Waals surface area contributed by atoms with Gasteiger partial charge in [-0.25, -0.2) is 4.31 Å². The Bertz CT molecular complexity index is 84.4. The highest BCUT2D eigenvalue weighted by molar-refractivity contribution is 8.00. The fourth-order valence-corrected chi connectivity index (χ4v) is 1.33. The molecule has 2 nitrogen and oxygen atoms in total. The molecule has 0 unspecified atom stereocenters. The lowest BCUT2D eigenvalue weighted by atomic mass is 10.6. The second-order valence-electron chi connectivity index (χ2n) is 1.65. The molecule has 0 aliphatic carbocycles. The third kappa shape index (κ3) is 1.51. The van der Waals surface area contributed by atoms with Gasteiger partial charge < -0.3 is 5.32 Å². The molecule has 1 rings (SSSR count). The maximum Gasteiger partial charge on any atom is 0.0585 e. The molecule has 1 N–H and O–H groups in total. The van der Waals surface area contributed by atoms with Gasteiger partial charge in [0.1, 0.15) is 0 Å². The van der Waals surface area contributed by atoms with E-state index in [1.165, 1.54) is 0 Å². The molecular formula is C5H10N2S. The van der Waals surface area contributed by atoms with E-state index in [1.807, 2.05) is 7.05 Å². The van der Waals surface area contributed by atoms with Crippen LogP contribution >= 0.6 is 11.9 Å². The summed E-state index contributed by atoms with van der Waals surface area (Å²) >= 11 is 1.76. The van der Waals surface area contributed by atoms with E-state index < -0.39 is 0 Å². The predicted octanol–water partition coefficient (Wildman–Crippen LogP) is 0.641. The molecule has 46 valence electrons. The van der Waals surface area contributed by atoms with Crippen molar-refractivity contribution < 1.29 is 0 Å². The summed E-state index contributed by atoms with van der Waals surface area (Å²) in [7, 11) is 1.96. The van der Waals surface area contributed by atoms with E-state index in [0.717, 1.165) is 13.2 Å². The first-order valence-corrected chi connectivity index (χ1v) is 3.48. The van der Waals surface area contributed by atoms with Gasteiger partial charge in [0.05, 0.1) is 6.67 Å². The smallest absolute Gasteiger partial charge is 0.0585 e. The molecule has 1 heterocycles. The minimum atomic E-state index is 0.970. The molecule has 0 atom stereocenters. The van der Waals surface area contributed by atoms with E-state index in [2.05, 4.69) is 21.1 Å². The van der Waals surface area contributed by atoms with E-state index in [1.54, 1.807) is 11.9 Å². The average Bonchev–Trinajstić information content (AvgIpc) is 2.19. The Hall–Kier alpha value is 0.01000. The first-order valence-electron chi connectivity index (χ1n) is 2.65. The van der Waals surface area contributed by atoms with E-state index in [4.69, 9.17) is 0 Å². The molecule has 1 aliphatic heterocycles. The van der Waals surface area contributed by atoms with Crippen LogP contribution in [-0.2, 0) is 0 Å². The van der Waals surface area contributed by atoms with E-state index in [0.29, 0.717) is 0 Å². The molecule has 8 heavy (non-hydrogen) atoms. The summed E-state index contributed by atoms with van der Waals surface area (Å²) in [5.74, 6) is 0. The van der Waals surface area contributed by atoms with Crippen molar-refractivity contribution in [3.63, 3.8) is 0 Å². The van der Waals surface area contributed by atoms with E-state index in [9.17, 15) is 0 Å². The molecule has 0 aromatic carbocycles. The minimum Gasteiger partial charge on any atom is -0.307 e. The summed E-state index contributed by atoms with van der Waals surface area (Å²) in [6, 6.07) is 0. The van der Waals surface area contributed by atoms with Crippen molar-refractivity contribution in [3.05, 3.63) is 11.5 Å². The number of hydrogen-bond acceptors (Lipinski definition) is 3. The topological polar surface area (TPSA) is 15.3 Å². The Balaban J connectivity index is 2.10. The molecule has 1 aliphatic rings. The zero-order chi connectivity index (χ0) is 5.82. The lowest BCUT2D eigenvalue weighted by Crippen LogP contribution is -2.24. The SMILES string of the molecule is CNCN1CC=CS1. The molecule has 0 radical (unpaired) electrons. The lowest BCUT2D eigenvalue weighted by molar-refractivity contribution is 0.493. The van der Waals surface area contributed by atoms with Gasteiger partial charge in [-0.3, -0.25) is 0 Å². The van der Waals surface area contributed by atoms with Crippen LogP contribution in [0.25, 0.3) is 0 Å². The van der Waals surface area contributed by atoms with Crippen molar-refractivity contribution in [2.24, 2.45) is 0 Å². The Morgan fingerprint density at radius 3 is 3.25 bits per heavy atom. The summed E-state index contributed by atoms with van der Waals surface area (Å²) in [5.41, 5.74) is 0. The molecule has 0 fully saturated rings. The average molecular weight is 130 g/mol. The van der Waals surface area contributed by atoms with E-state index >= 15 is 0 Å². The molecule has 3 heteroatoms. The standard InChI is InChI=1S/C5H10N2S/c1-6-5-7-3-2-4-8-7/h2,4,6H,3,5H2,1H3. The summed E-state index contributed by atoms with van der Waals surface area (Å²) < 4.78 is 2.24. The maximum absolute atomic E-state index is 3.07. The number of rotatable bonds is 2. The van der Waals surface area contributed by atoms with Crippen LogP contribution in [0.3, 0.4) is 0 Å². The highest BCUT2D eigenvalue weighted by Gasteiger charge is 2.03. The minimum absolute atomic E-state index is 0.970. The van der Waals surface area contributed by atoms with Crippen molar-refractivity contribution in [1.29, 1.82) is 0 Å². The van der Waals surface area contributed by atoms with Crippen molar-refractivity contribution in [1.82, 2.24) is 9.62 Å². The van der Waals surface area contributed by atoms with Gasteiger partial charge in [0, 0.05) is 6.54 Å². The van der Waals surface area contributed by atoms with Crippen LogP contribution in [0, 0.1) is 0 Å². The Kier molecular flexibility index (Phi) is 2.39. The van der Waals surface area contributed by atoms with Gasteiger partial charge in [0.15, 0.2) is 0 Å². The number of nitrogens with zero attached hydrogens (tertiary/aromatic N) is 1. The monoisotopic (exact) mass is 130 g/mol. The van der Waals surface area contributed by atoms with Crippen LogP contribution in [0.15, 0.2) is 11.5 Å². The third-order valence-electron chi connectivity index (χ3n) is 0.950. The van der Waals surface area contributed by atoms with Gasteiger partial charge >= 0.3 is 0 Å². The number of nitrogens with one attached hydrogen (secondary N) is 1. The van der Waals surface area contributed by atoms with Gasteiger partial charge in [0.2, 0.25) is 0 Å². The van der Waals surface area contributed by atoms with Crippen LogP contribution in [0.5, 0.6) is 0 Å². The van der Waals surface area contributed by atoms with Crippen molar-refractivity contribution in [2.75, 3.05) is 20.3 Å². The summed E-state index contributed by atoms with van der Waals surface area (Å²) in [5, 5.41) is 5.18. The van der Waals surface area contributed by atoms with Gasteiger partial charge in [-0.05, 0) is 24.4 Å². The fourth-order valence-electron chi connectivity index (χ4n) is 0.611. The molecule has 0 aromatic heterocycles. The lowest BCUT2D eigenvalue weighted by Gasteiger charge is -2.10. The first kappa shape index (κ1) is 6.13. The summed E-state index contributed by atoms with van der Waals surface area (Å²) in [4.78, 5) is 0. The van der Waals surface area contributed by atoms with Gasteiger partial charge in [0.25, 0.3) is 0 Å². The maximum atomic E-state index is 3.07. The van der Waals surface area contributed by atoms with Crippen LogP contribution in [0.4, 0.5) is 0 Å². The van der Waals surface area contributed by atoms with Gasteiger partial charge in [-0.2, -0.15) is 0 Å². The Labute approximate surface area is 54.1 Å². The Morgan fingerprint density at radius 1 is 1.88 bits per heavy atom. The van der Waals surface area contributed by atoms with E-state index in [-0.39, 0.29) is 0 Å². The van der Waals surface area contributed by atoms with Crippen molar-refractivity contribution >= 4 is 11.9 Å². The zero-order valence-electron chi connectivity index (χ0n) is 4.92. The van der Waals surface area contributed by atoms with Gasteiger partial charge in [-0.15, -0.1) is 0 Å². The third-order valence-corrected chi connectivity index (χ3v) is 1.84. The molecule has 0 aromatic rings. The molecular weight excluding hydrogens is 120 g/mol. The van der Waals surface area contributed by atoms with Crippen LogP contribution in [0.1, 0.15) is 0 Å². The largest absolute Gasteiger partial charge is 0.307 e.